The molecule has 0 bridgehead atoms. The largest absolute Gasteiger partial charge is 0.313 e. The fourth-order valence-corrected chi connectivity index (χ4v) is 2.10. The van der Waals surface area contributed by atoms with Gasteiger partial charge in [-0.3, -0.25) is 9.48 Å². The van der Waals surface area contributed by atoms with Crippen LogP contribution in [0.2, 0.25) is 0 Å². The maximum atomic E-state index is 11.7. The Morgan fingerprint density at radius 2 is 2.44 bits per heavy atom. The number of hydrogen-bond donors (Lipinski definition) is 1. The van der Waals surface area contributed by atoms with Crippen molar-refractivity contribution < 1.29 is 4.79 Å². The van der Waals surface area contributed by atoms with Gasteiger partial charge in [0, 0.05) is 19.3 Å². The van der Waals surface area contributed by atoms with Gasteiger partial charge in [-0.2, -0.15) is 10.4 Å². The van der Waals surface area contributed by atoms with E-state index in [-0.39, 0.29) is 5.91 Å². The van der Waals surface area contributed by atoms with Crippen molar-refractivity contribution in [2.45, 2.75) is 0 Å². The second kappa shape index (κ2) is 5.29. The van der Waals surface area contributed by atoms with Crippen LogP contribution >= 0.6 is 11.3 Å². The van der Waals surface area contributed by atoms with Gasteiger partial charge in [0.2, 0.25) is 5.91 Å². The minimum atomic E-state index is -0.268. The first kappa shape index (κ1) is 12.1. The topological polar surface area (TPSA) is 70.7 Å². The molecular weight excluding hydrogens is 248 g/mol. The van der Waals surface area contributed by atoms with Crippen LogP contribution in [0.25, 0.3) is 6.08 Å². The molecule has 5 nitrogen and oxygen atoms in total. The highest BCUT2D eigenvalue weighted by atomic mass is 32.1. The number of aromatic nitrogens is 2. The first-order chi connectivity index (χ1) is 8.70. The van der Waals surface area contributed by atoms with Gasteiger partial charge in [-0.15, -0.1) is 11.3 Å². The standard InChI is InChI=1S/C12H10N4OS/c1-16-10(4-6-14-16)2-3-11(17)15-12-9(8-13)5-7-18-12/h2-7H,1H3,(H,15,17). The van der Waals surface area contributed by atoms with E-state index in [9.17, 15) is 4.79 Å². The molecule has 0 saturated carbocycles. The molecule has 6 heteroatoms. The fourth-order valence-electron chi connectivity index (χ4n) is 1.36. The molecule has 0 radical (unpaired) electrons. The highest BCUT2D eigenvalue weighted by Gasteiger charge is 2.05. The lowest BCUT2D eigenvalue weighted by Crippen LogP contribution is -2.07. The van der Waals surface area contributed by atoms with E-state index in [1.165, 1.54) is 17.4 Å². The molecule has 0 atom stereocenters. The Morgan fingerprint density at radius 1 is 1.61 bits per heavy atom. The number of carbonyl (C=O) groups excluding carboxylic acids is 1. The Balaban J connectivity index is 2.04. The van der Waals surface area contributed by atoms with Crippen molar-refractivity contribution in [3.05, 3.63) is 41.0 Å². The van der Waals surface area contributed by atoms with Crippen molar-refractivity contribution in [2.24, 2.45) is 7.05 Å². The highest BCUT2D eigenvalue weighted by Crippen LogP contribution is 2.21. The zero-order valence-corrected chi connectivity index (χ0v) is 10.4. The smallest absolute Gasteiger partial charge is 0.249 e. The Hall–Kier alpha value is -2.39. The van der Waals surface area contributed by atoms with E-state index in [1.807, 2.05) is 6.07 Å². The number of thiophene rings is 1. The zero-order chi connectivity index (χ0) is 13.0. The van der Waals surface area contributed by atoms with Crippen LogP contribution in [0.15, 0.2) is 29.8 Å². The number of hydrogen-bond acceptors (Lipinski definition) is 4. The molecule has 0 aliphatic rings. The molecule has 1 amide bonds. The molecule has 0 aromatic carbocycles. The Kier molecular flexibility index (Phi) is 3.55. The van der Waals surface area contributed by atoms with Crippen LogP contribution in [-0.2, 0) is 11.8 Å². The highest BCUT2D eigenvalue weighted by molar-refractivity contribution is 7.14. The summed E-state index contributed by atoms with van der Waals surface area (Å²) < 4.78 is 1.66. The van der Waals surface area contributed by atoms with Gasteiger partial charge in [-0.05, 0) is 23.6 Å². The Labute approximate surface area is 108 Å². The van der Waals surface area contributed by atoms with Crippen LogP contribution in [0.5, 0.6) is 0 Å². The second-order valence-electron chi connectivity index (χ2n) is 3.48. The summed E-state index contributed by atoms with van der Waals surface area (Å²) in [5, 5.41) is 17.8. The fraction of sp³-hybridized carbons (Fsp3) is 0.0833. The molecule has 0 aliphatic heterocycles. The molecule has 0 unspecified atom stereocenters. The lowest BCUT2D eigenvalue weighted by Gasteiger charge is -1.98. The van der Waals surface area contributed by atoms with Crippen molar-refractivity contribution in [2.75, 3.05) is 5.32 Å². The minimum Gasteiger partial charge on any atom is -0.313 e. The normalized spacial score (nSPS) is 10.4. The third kappa shape index (κ3) is 2.64. The number of nitrogens with one attached hydrogen (secondary N) is 1. The van der Waals surface area contributed by atoms with Gasteiger partial charge in [-0.25, -0.2) is 0 Å². The molecule has 0 fully saturated rings. The number of carbonyl (C=O) groups is 1. The van der Waals surface area contributed by atoms with Gasteiger partial charge in [0.15, 0.2) is 0 Å². The summed E-state index contributed by atoms with van der Waals surface area (Å²) in [7, 11) is 1.80. The van der Waals surface area contributed by atoms with Gasteiger partial charge < -0.3 is 5.32 Å². The molecule has 0 aliphatic carbocycles. The first-order valence-electron chi connectivity index (χ1n) is 5.15. The van der Waals surface area contributed by atoms with E-state index < -0.39 is 0 Å². The maximum Gasteiger partial charge on any atom is 0.249 e. The third-order valence-corrected chi connectivity index (χ3v) is 3.12. The van der Waals surface area contributed by atoms with Crippen LogP contribution in [0.3, 0.4) is 0 Å². The molecule has 2 rings (SSSR count). The number of amides is 1. The first-order valence-corrected chi connectivity index (χ1v) is 6.03. The average molecular weight is 258 g/mol. The molecule has 18 heavy (non-hydrogen) atoms. The van der Waals surface area contributed by atoms with Gasteiger partial charge in [-0.1, -0.05) is 0 Å². The van der Waals surface area contributed by atoms with E-state index in [4.69, 9.17) is 5.26 Å². The van der Waals surface area contributed by atoms with Gasteiger partial charge >= 0.3 is 0 Å². The van der Waals surface area contributed by atoms with Gasteiger partial charge in [0.1, 0.15) is 11.1 Å². The van der Waals surface area contributed by atoms with E-state index >= 15 is 0 Å². The molecule has 0 spiro atoms. The summed E-state index contributed by atoms with van der Waals surface area (Å²) in [5.74, 6) is -0.268. The predicted molar refractivity (Wildman–Crippen MR) is 69.9 cm³/mol. The van der Waals surface area contributed by atoms with Crippen LogP contribution < -0.4 is 5.32 Å². The summed E-state index contributed by atoms with van der Waals surface area (Å²) in [5.41, 5.74) is 1.30. The molecule has 2 aromatic rings. The lowest BCUT2D eigenvalue weighted by molar-refractivity contribution is -0.111. The van der Waals surface area contributed by atoms with E-state index in [0.29, 0.717) is 10.6 Å². The molecule has 1 N–H and O–H groups in total. The molecule has 2 aromatic heterocycles. The van der Waals surface area contributed by atoms with Crippen molar-refractivity contribution in [3.63, 3.8) is 0 Å². The Morgan fingerprint density at radius 3 is 3.11 bits per heavy atom. The monoisotopic (exact) mass is 258 g/mol. The number of anilines is 1. The predicted octanol–water partition coefficient (Wildman–Crippen LogP) is 2.01. The van der Waals surface area contributed by atoms with E-state index in [2.05, 4.69) is 10.4 Å². The average Bonchev–Trinajstić information content (AvgIpc) is 2.95. The van der Waals surface area contributed by atoms with Crippen LogP contribution in [-0.4, -0.2) is 15.7 Å². The van der Waals surface area contributed by atoms with Crippen molar-refractivity contribution in [1.82, 2.24) is 9.78 Å². The molecular formula is C12H10N4OS. The van der Waals surface area contributed by atoms with Crippen molar-refractivity contribution in [3.8, 4) is 6.07 Å². The van der Waals surface area contributed by atoms with Gasteiger partial charge in [0.25, 0.3) is 0 Å². The maximum absolute atomic E-state index is 11.7. The van der Waals surface area contributed by atoms with Gasteiger partial charge in [0.05, 0.1) is 11.3 Å². The zero-order valence-electron chi connectivity index (χ0n) is 9.62. The summed E-state index contributed by atoms with van der Waals surface area (Å²) in [4.78, 5) is 11.7. The molecule has 90 valence electrons. The SMILES string of the molecule is Cn1nccc1C=CC(=O)Nc1sccc1C#N. The lowest BCUT2D eigenvalue weighted by atomic mass is 10.3. The van der Waals surface area contributed by atoms with Crippen LogP contribution in [0.4, 0.5) is 5.00 Å². The van der Waals surface area contributed by atoms with Crippen LogP contribution in [0.1, 0.15) is 11.3 Å². The quantitative estimate of drug-likeness (QED) is 0.856. The van der Waals surface area contributed by atoms with E-state index in [1.54, 1.807) is 41.5 Å². The van der Waals surface area contributed by atoms with Crippen LogP contribution in [0, 0.1) is 11.3 Å². The summed E-state index contributed by atoms with van der Waals surface area (Å²) in [6.07, 6.45) is 4.74. The molecule has 0 saturated heterocycles. The summed E-state index contributed by atoms with van der Waals surface area (Å²) in [6, 6.07) is 5.49. The Bertz CT molecular complexity index is 633. The summed E-state index contributed by atoms with van der Waals surface area (Å²) in [6.45, 7) is 0. The van der Waals surface area contributed by atoms with E-state index in [0.717, 1.165) is 5.69 Å². The number of nitrogens with zero attached hydrogens (tertiary/aromatic N) is 3. The van der Waals surface area contributed by atoms with Crippen molar-refractivity contribution >= 4 is 28.3 Å². The second-order valence-corrected chi connectivity index (χ2v) is 4.39. The summed E-state index contributed by atoms with van der Waals surface area (Å²) >= 11 is 1.32. The van der Waals surface area contributed by atoms with Crippen molar-refractivity contribution in [1.29, 1.82) is 5.26 Å². The number of nitriles is 1. The third-order valence-electron chi connectivity index (χ3n) is 2.29. The number of rotatable bonds is 3. The number of aryl methyl sites for hydroxylation is 1. The minimum absolute atomic E-state index is 0.268. The molecule has 2 heterocycles.